The lowest BCUT2D eigenvalue weighted by molar-refractivity contribution is -0.155. The first kappa shape index (κ1) is 21.4. The first-order valence-corrected chi connectivity index (χ1v) is 11.7. The molecule has 4 aromatic rings. The second kappa shape index (κ2) is 8.86. The molecule has 1 fully saturated rings. The monoisotopic (exact) mass is 464 g/mol. The van der Waals surface area contributed by atoms with Crippen molar-refractivity contribution in [2.24, 2.45) is 5.92 Å². The predicted octanol–water partition coefficient (Wildman–Crippen LogP) is 4.27. The summed E-state index contributed by atoms with van der Waals surface area (Å²) in [7, 11) is 0. The molecule has 0 amide bonds. The zero-order valence-electron chi connectivity index (χ0n) is 18.7. The van der Waals surface area contributed by atoms with Crippen molar-refractivity contribution in [3.63, 3.8) is 0 Å². The van der Waals surface area contributed by atoms with Crippen LogP contribution in [0.1, 0.15) is 42.2 Å². The third-order valence-corrected chi connectivity index (χ3v) is 7.19. The molecule has 4 aromatic heterocycles. The number of pyridine rings is 1. The number of esters is 1. The van der Waals surface area contributed by atoms with E-state index in [1.54, 1.807) is 43.0 Å². The van der Waals surface area contributed by atoms with Gasteiger partial charge in [-0.1, -0.05) is 5.16 Å². The van der Waals surface area contributed by atoms with E-state index in [1.165, 1.54) is 10.4 Å². The van der Waals surface area contributed by atoms with Gasteiger partial charge in [0, 0.05) is 35.9 Å². The molecule has 0 N–H and O–H groups in total. The standard InChI is InChI=1S/C23H24N6O3S/c1-13-15(3)33-22-18(13)20(25-12-26-22)29-9-6-16(7-10-29)23(30)31-14(2)21-27-19(28-32-21)17-5-4-8-24-11-17/h4-5,8,11-12,14,16H,6-7,9-10H2,1-3H3. The molecule has 1 aliphatic rings. The molecular formula is C23H24N6O3S. The fourth-order valence-electron chi connectivity index (χ4n) is 4.06. The molecule has 1 aliphatic heterocycles. The molecule has 10 heteroatoms. The molecule has 170 valence electrons. The van der Waals surface area contributed by atoms with Gasteiger partial charge in [0.2, 0.25) is 5.82 Å². The molecule has 1 unspecified atom stereocenters. The van der Waals surface area contributed by atoms with Crippen molar-refractivity contribution in [3.05, 3.63) is 47.2 Å². The molecule has 33 heavy (non-hydrogen) atoms. The molecule has 0 aromatic carbocycles. The van der Waals surface area contributed by atoms with Crippen molar-refractivity contribution in [1.29, 1.82) is 0 Å². The number of ether oxygens (including phenoxy) is 1. The molecule has 0 spiro atoms. The minimum absolute atomic E-state index is 0.174. The Morgan fingerprint density at radius 3 is 2.85 bits per heavy atom. The van der Waals surface area contributed by atoms with Gasteiger partial charge in [-0.25, -0.2) is 9.97 Å². The van der Waals surface area contributed by atoms with Crippen LogP contribution in [0.5, 0.6) is 0 Å². The molecule has 0 saturated carbocycles. The maximum Gasteiger partial charge on any atom is 0.309 e. The fraction of sp³-hybridized carbons (Fsp3) is 0.391. The van der Waals surface area contributed by atoms with Gasteiger partial charge in [-0.3, -0.25) is 9.78 Å². The summed E-state index contributed by atoms with van der Waals surface area (Å²) in [4.78, 5) is 34.7. The van der Waals surface area contributed by atoms with Gasteiger partial charge >= 0.3 is 5.97 Å². The van der Waals surface area contributed by atoms with Gasteiger partial charge in [-0.05, 0) is 51.3 Å². The number of hydrogen-bond donors (Lipinski definition) is 0. The zero-order chi connectivity index (χ0) is 22.9. The summed E-state index contributed by atoms with van der Waals surface area (Å²) in [5.41, 5.74) is 1.97. The molecule has 5 rings (SSSR count). The van der Waals surface area contributed by atoms with Crippen LogP contribution in [0.4, 0.5) is 5.82 Å². The van der Waals surface area contributed by atoms with Crippen molar-refractivity contribution < 1.29 is 14.1 Å². The lowest BCUT2D eigenvalue weighted by atomic mass is 9.96. The van der Waals surface area contributed by atoms with E-state index in [-0.39, 0.29) is 17.8 Å². The maximum absolute atomic E-state index is 12.8. The highest BCUT2D eigenvalue weighted by molar-refractivity contribution is 7.18. The van der Waals surface area contributed by atoms with Crippen molar-refractivity contribution in [1.82, 2.24) is 25.1 Å². The van der Waals surface area contributed by atoms with E-state index in [0.717, 1.165) is 34.7 Å². The van der Waals surface area contributed by atoms with E-state index in [4.69, 9.17) is 9.26 Å². The van der Waals surface area contributed by atoms with Crippen LogP contribution in [0, 0.1) is 19.8 Å². The van der Waals surface area contributed by atoms with E-state index in [1.807, 2.05) is 6.07 Å². The average Bonchev–Trinajstić information content (AvgIpc) is 3.45. The number of carbonyl (C=O) groups is 1. The molecule has 5 heterocycles. The summed E-state index contributed by atoms with van der Waals surface area (Å²) in [6.45, 7) is 7.44. The Hall–Kier alpha value is -3.40. The van der Waals surface area contributed by atoms with Crippen molar-refractivity contribution >= 4 is 33.3 Å². The number of piperidine rings is 1. The number of aryl methyl sites for hydroxylation is 2. The summed E-state index contributed by atoms with van der Waals surface area (Å²) in [6.07, 6.45) is 5.73. The van der Waals surface area contributed by atoms with Gasteiger partial charge in [-0.15, -0.1) is 11.3 Å². The zero-order valence-corrected chi connectivity index (χ0v) is 19.5. The van der Waals surface area contributed by atoms with E-state index >= 15 is 0 Å². The molecule has 1 saturated heterocycles. The summed E-state index contributed by atoms with van der Waals surface area (Å²) in [6, 6.07) is 3.64. The fourth-order valence-corrected chi connectivity index (χ4v) is 5.06. The van der Waals surface area contributed by atoms with Gasteiger partial charge in [-0.2, -0.15) is 4.98 Å². The number of fused-ring (bicyclic) bond motifs is 1. The Labute approximate surface area is 194 Å². The van der Waals surface area contributed by atoms with Gasteiger partial charge in [0.25, 0.3) is 5.89 Å². The molecule has 9 nitrogen and oxygen atoms in total. The topological polar surface area (TPSA) is 107 Å². The third kappa shape index (κ3) is 4.18. The van der Waals surface area contributed by atoms with Crippen molar-refractivity contribution in [3.8, 4) is 11.4 Å². The molecule has 1 atom stereocenters. The van der Waals surface area contributed by atoms with E-state index < -0.39 is 6.10 Å². The third-order valence-electron chi connectivity index (χ3n) is 6.08. The van der Waals surface area contributed by atoms with E-state index in [0.29, 0.717) is 18.7 Å². The van der Waals surface area contributed by atoms with Gasteiger partial charge < -0.3 is 14.2 Å². The Balaban J connectivity index is 1.21. The second-order valence-electron chi connectivity index (χ2n) is 8.20. The van der Waals surface area contributed by atoms with Crippen molar-refractivity contribution in [2.75, 3.05) is 18.0 Å². The average molecular weight is 465 g/mol. The molecule has 0 aliphatic carbocycles. The minimum atomic E-state index is -0.619. The lowest BCUT2D eigenvalue weighted by Gasteiger charge is -2.32. The van der Waals surface area contributed by atoms with Crippen LogP contribution in [0.2, 0.25) is 0 Å². The number of thiophene rings is 1. The minimum Gasteiger partial charge on any atom is -0.452 e. The largest absolute Gasteiger partial charge is 0.452 e. The van der Waals surface area contributed by atoms with Crippen LogP contribution in [0.25, 0.3) is 21.6 Å². The lowest BCUT2D eigenvalue weighted by Crippen LogP contribution is -2.37. The van der Waals surface area contributed by atoms with E-state index in [9.17, 15) is 4.79 Å². The van der Waals surface area contributed by atoms with Crippen LogP contribution in [0.15, 0.2) is 35.4 Å². The Kier molecular flexibility index (Phi) is 5.76. The SMILES string of the molecule is Cc1sc2ncnc(N3CCC(C(=O)OC(C)c4nc(-c5cccnc5)no4)CC3)c2c1C. The summed E-state index contributed by atoms with van der Waals surface area (Å²) >= 11 is 1.69. The smallest absolute Gasteiger partial charge is 0.309 e. The first-order valence-electron chi connectivity index (χ1n) is 10.9. The number of rotatable bonds is 5. The number of hydrogen-bond acceptors (Lipinski definition) is 10. The predicted molar refractivity (Wildman–Crippen MR) is 124 cm³/mol. The van der Waals surface area contributed by atoms with Crippen molar-refractivity contribution in [2.45, 2.75) is 39.7 Å². The Morgan fingerprint density at radius 1 is 1.27 bits per heavy atom. The number of anilines is 1. The normalized spacial score (nSPS) is 15.7. The highest BCUT2D eigenvalue weighted by atomic mass is 32.1. The van der Waals surface area contributed by atoms with Crippen LogP contribution in [-0.4, -0.2) is 44.2 Å². The second-order valence-corrected chi connectivity index (χ2v) is 9.40. The molecule has 0 radical (unpaired) electrons. The first-order chi connectivity index (χ1) is 16.0. The molecular weight excluding hydrogens is 440 g/mol. The van der Waals surface area contributed by atoms with Crippen LogP contribution in [0.3, 0.4) is 0 Å². The number of carbonyl (C=O) groups excluding carboxylic acids is 1. The quantitative estimate of drug-likeness (QED) is 0.400. The summed E-state index contributed by atoms with van der Waals surface area (Å²) in [5.74, 6) is 1.23. The molecule has 0 bridgehead atoms. The van der Waals surface area contributed by atoms with Gasteiger partial charge in [0.1, 0.15) is 17.0 Å². The van der Waals surface area contributed by atoms with Gasteiger partial charge in [0.15, 0.2) is 6.10 Å². The Morgan fingerprint density at radius 2 is 2.09 bits per heavy atom. The number of aromatic nitrogens is 5. The maximum atomic E-state index is 12.8. The highest BCUT2D eigenvalue weighted by Gasteiger charge is 2.30. The van der Waals surface area contributed by atoms with Crippen LogP contribution >= 0.6 is 11.3 Å². The van der Waals surface area contributed by atoms with E-state index in [2.05, 4.69) is 43.8 Å². The Bertz CT molecular complexity index is 1280. The number of nitrogens with zero attached hydrogens (tertiary/aromatic N) is 6. The highest BCUT2D eigenvalue weighted by Crippen LogP contribution is 2.36. The summed E-state index contributed by atoms with van der Waals surface area (Å²) in [5, 5.41) is 5.09. The van der Waals surface area contributed by atoms with Gasteiger partial charge in [0.05, 0.1) is 11.3 Å². The van der Waals surface area contributed by atoms with Crippen LogP contribution < -0.4 is 4.90 Å². The summed E-state index contributed by atoms with van der Waals surface area (Å²) < 4.78 is 11.0. The van der Waals surface area contributed by atoms with Crippen LogP contribution in [-0.2, 0) is 9.53 Å².